The van der Waals surface area contributed by atoms with Crippen molar-refractivity contribution in [3.8, 4) is 0 Å². The van der Waals surface area contributed by atoms with Crippen LogP contribution in [0.4, 0.5) is 0 Å². The predicted octanol–water partition coefficient (Wildman–Crippen LogP) is 0.537. The van der Waals surface area contributed by atoms with E-state index in [-0.39, 0.29) is 0 Å². The first kappa shape index (κ1) is 10.4. The van der Waals surface area contributed by atoms with E-state index in [9.17, 15) is 0 Å². The summed E-state index contributed by atoms with van der Waals surface area (Å²) in [6.45, 7) is 3.50. The summed E-state index contributed by atoms with van der Waals surface area (Å²) >= 11 is 0. The zero-order valence-electron chi connectivity index (χ0n) is 9.15. The van der Waals surface area contributed by atoms with Gasteiger partial charge in [0.15, 0.2) is 0 Å². The second-order valence-electron chi connectivity index (χ2n) is 4.72. The molecule has 0 spiro atoms. The normalized spacial score (nSPS) is 29.8. The van der Waals surface area contributed by atoms with E-state index in [0.29, 0.717) is 6.61 Å². The molecule has 2 aliphatic rings. The van der Waals surface area contributed by atoms with Crippen molar-refractivity contribution in [3.05, 3.63) is 0 Å². The number of nitrogens with zero attached hydrogens (tertiary/aromatic N) is 2. The molecule has 1 unspecified atom stereocenters. The van der Waals surface area contributed by atoms with Crippen LogP contribution in [0.15, 0.2) is 0 Å². The van der Waals surface area contributed by atoms with Gasteiger partial charge in [-0.3, -0.25) is 9.80 Å². The minimum Gasteiger partial charge on any atom is -0.395 e. The molecule has 0 aromatic heterocycles. The Bertz CT molecular complexity index is 180. The zero-order chi connectivity index (χ0) is 9.97. The maximum absolute atomic E-state index is 8.91. The van der Waals surface area contributed by atoms with E-state index >= 15 is 0 Å². The van der Waals surface area contributed by atoms with Crippen LogP contribution in [0.25, 0.3) is 0 Å². The average molecular weight is 198 g/mol. The molecule has 1 aliphatic heterocycles. The highest BCUT2D eigenvalue weighted by atomic mass is 16.3. The van der Waals surface area contributed by atoms with Crippen LogP contribution in [0.1, 0.15) is 25.7 Å². The molecule has 14 heavy (non-hydrogen) atoms. The van der Waals surface area contributed by atoms with Gasteiger partial charge in [0.2, 0.25) is 0 Å². The number of likely N-dealkylation sites (tertiary alicyclic amines) is 1. The third-order valence-electron chi connectivity index (χ3n) is 3.60. The van der Waals surface area contributed by atoms with Crippen LogP contribution < -0.4 is 0 Å². The van der Waals surface area contributed by atoms with Crippen molar-refractivity contribution in [2.24, 2.45) is 0 Å². The van der Waals surface area contributed by atoms with Crippen molar-refractivity contribution in [2.45, 2.75) is 37.8 Å². The molecule has 0 radical (unpaired) electrons. The van der Waals surface area contributed by atoms with Gasteiger partial charge in [-0.1, -0.05) is 0 Å². The summed E-state index contributed by atoms with van der Waals surface area (Å²) in [5.41, 5.74) is 0. The van der Waals surface area contributed by atoms with Crippen LogP contribution in [-0.2, 0) is 0 Å². The van der Waals surface area contributed by atoms with Gasteiger partial charge in [-0.25, -0.2) is 0 Å². The first-order valence-electron chi connectivity index (χ1n) is 5.86. The van der Waals surface area contributed by atoms with Gasteiger partial charge < -0.3 is 5.11 Å². The number of aliphatic hydroxyl groups is 1. The van der Waals surface area contributed by atoms with Gasteiger partial charge in [-0.05, 0) is 39.3 Å². The molecule has 0 aromatic carbocycles. The number of β-amino-alcohol motifs (C(OH)–C–C–N with tert-alkyl or cyclic N) is 1. The topological polar surface area (TPSA) is 26.7 Å². The number of aliphatic hydroxyl groups excluding tert-OH is 1. The average Bonchev–Trinajstić information content (AvgIpc) is 3.01. The Morgan fingerprint density at radius 2 is 2.07 bits per heavy atom. The van der Waals surface area contributed by atoms with Gasteiger partial charge in [-0.15, -0.1) is 0 Å². The first-order chi connectivity index (χ1) is 6.81. The number of likely N-dealkylation sites (N-methyl/N-ethyl adjacent to an activating group) is 1. The van der Waals surface area contributed by atoms with Gasteiger partial charge in [0.25, 0.3) is 0 Å². The highest BCUT2D eigenvalue weighted by Gasteiger charge is 2.32. The van der Waals surface area contributed by atoms with E-state index in [2.05, 4.69) is 16.8 Å². The van der Waals surface area contributed by atoms with E-state index in [4.69, 9.17) is 5.11 Å². The lowest BCUT2D eigenvalue weighted by molar-refractivity contribution is 0.0963. The highest BCUT2D eigenvalue weighted by Crippen LogP contribution is 2.29. The Kier molecular flexibility index (Phi) is 3.42. The molecule has 1 saturated carbocycles. The number of rotatable bonds is 4. The summed E-state index contributed by atoms with van der Waals surface area (Å²) in [6, 6.07) is 1.61. The van der Waals surface area contributed by atoms with Gasteiger partial charge in [0, 0.05) is 25.2 Å². The quantitative estimate of drug-likeness (QED) is 0.714. The number of hydrogen-bond acceptors (Lipinski definition) is 3. The third-order valence-corrected chi connectivity index (χ3v) is 3.60. The summed E-state index contributed by atoms with van der Waals surface area (Å²) in [5.74, 6) is 0. The van der Waals surface area contributed by atoms with Gasteiger partial charge in [-0.2, -0.15) is 0 Å². The van der Waals surface area contributed by atoms with Crippen LogP contribution in [0.5, 0.6) is 0 Å². The lowest BCUT2D eigenvalue weighted by Gasteiger charge is -2.37. The summed E-state index contributed by atoms with van der Waals surface area (Å²) in [7, 11) is 2.27. The molecular formula is C11H22N2O. The fourth-order valence-corrected chi connectivity index (χ4v) is 2.49. The van der Waals surface area contributed by atoms with E-state index < -0.39 is 0 Å². The monoisotopic (exact) mass is 198 g/mol. The Morgan fingerprint density at radius 3 is 2.71 bits per heavy atom. The van der Waals surface area contributed by atoms with Crippen molar-refractivity contribution in [3.63, 3.8) is 0 Å². The molecule has 0 amide bonds. The van der Waals surface area contributed by atoms with E-state index in [1.165, 1.54) is 32.2 Å². The van der Waals surface area contributed by atoms with Gasteiger partial charge in [0.05, 0.1) is 6.61 Å². The summed E-state index contributed by atoms with van der Waals surface area (Å²) in [5, 5.41) is 8.91. The Labute approximate surface area is 86.7 Å². The maximum atomic E-state index is 8.91. The van der Waals surface area contributed by atoms with Crippen molar-refractivity contribution >= 4 is 0 Å². The Hall–Kier alpha value is -0.120. The van der Waals surface area contributed by atoms with Crippen LogP contribution in [0.2, 0.25) is 0 Å². The van der Waals surface area contributed by atoms with Gasteiger partial charge in [0.1, 0.15) is 0 Å². The molecule has 0 bridgehead atoms. The van der Waals surface area contributed by atoms with Gasteiger partial charge >= 0.3 is 0 Å². The second kappa shape index (κ2) is 4.60. The second-order valence-corrected chi connectivity index (χ2v) is 4.72. The maximum Gasteiger partial charge on any atom is 0.0558 e. The fourth-order valence-electron chi connectivity index (χ4n) is 2.49. The Morgan fingerprint density at radius 1 is 1.29 bits per heavy atom. The van der Waals surface area contributed by atoms with E-state index in [1.807, 2.05) is 0 Å². The van der Waals surface area contributed by atoms with Crippen molar-refractivity contribution < 1.29 is 5.11 Å². The minimum absolute atomic E-state index is 0.305. The SMILES string of the molecule is CN(C1CC1)C1CCCN(CCO)C1. The van der Waals surface area contributed by atoms with Crippen molar-refractivity contribution in [2.75, 3.05) is 33.3 Å². The predicted molar refractivity (Wildman–Crippen MR) is 57.3 cm³/mol. The highest BCUT2D eigenvalue weighted by molar-refractivity contribution is 4.89. The summed E-state index contributed by atoms with van der Waals surface area (Å²) < 4.78 is 0. The molecule has 1 aliphatic carbocycles. The molecule has 3 heteroatoms. The molecular weight excluding hydrogens is 176 g/mol. The lowest BCUT2D eigenvalue weighted by Crippen LogP contribution is -2.47. The van der Waals surface area contributed by atoms with Crippen molar-refractivity contribution in [1.82, 2.24) is 9.80 Å². The molecule has 1 heterocycles. The molecule has 1 saturated heterocycles. The smallest absolute Gasteiger partial charge is 0.0558 e. The molecule has 3 nitrogen and oxygen atoms in total. The minimum atomic E-state index is 0.305. The van der Waals surface area contributed by atoms with Crippen LogP contribution in [0.3, 0.4) is 0 Å². The van der Waals surface area contributed by atoms with E-state index in [0.717, 1.165) is 25.2 Å². The lowest BCUT2D eigenvalue weighted by atomic mass is 10.0. The standard InChI is InChI=1S/C11H22N2O/c1-12(10-4-5-10)11-3-2-6-13(9-11)7-8-14/h10-11,14H,2-9H2,1H3. The molecule has 0 aromatic rings. The van der Waals surface area contributed by atoms with Crippen LogP contribution in [0, 0.1) is 0 Å². The number of piperidine rings is 1. The largest absolute Gasteiger partial charge is 0.395 e. The molecule has 82 valence electrons. The van der Waals surface area contributed by atoms with Crippen molar-refractivity contribution in [1.29, 1.82) is 0 Å². The first-order valence-corrected chi connectivity index (χ1v) is 5.86. The fraction of sp³-hybridized carbons (Fsp3) is 1.00. The summed E-state index contributed by atoms with van der Waals surface area (Å²) in [6.07, 6.45) is 5.43. The van der Waals surface area contributed by atoms with Crippen LogP contribution in [-0.4, -0.2) is 60.3 Å². The molecule has 1 atom stereocenters. The third kappa shape index (κ3) is 2.47. The molecule has 2 fully saturated rings. The number of hydrogen-bond donors (Lipinski definition) is 1. The molecule has 1 N–H and O–H groups in total. The van der Waals surface area contributed by atoms with E-state index in [1.54, 1.807) is 0 Å². The van der Waals surface area contributed by atoms with Crippen LogP contribution >= 0.6 is 0 Å². The summed E-state index contributed by atoms with van der Waals surface area (Å²) in [4.78, 5) is 4.95. The molecule has 2 rings (SSSR count). The Balaban J connectivity index is 1.80. The zero-order valence-corrected chi connectivity index (χ0v) is 9.15.